The Morgan fingerprint density at radius 3 is 2.56 bits per heavy atom. The molecule has 0 spiro atoms. The summed E-state index contributed by atoms with van der Waals surface area (Å²) in [6.07, 6.45) is 0. The first-order valence-corrected chi connectivity index (χ1v) is 9.25. The van der Waals surface area contributed by atoms with E-state index in [1.807, 2.05) is 54.3 Å². The van der Waals surface area contributed by atoms with Gasteiger partial charge in [-0.2, -0.15) is 0 Å². The molecule has 1 aliphatic rings. The van der Waals surface area contributed by atoms with E-state index < -0.39 is 0 Å². The molecule has 1 atom stereocenters. The molecule has 0 unspecified atom stereocenters. The number of carbonyl (C=O) groups is 1. The molecule has 4 rings (SSSR count). The van der Waals surface area contributed by atoms with Gasteiger partial charge in [0.2, 0.25) is 5.91 Å². The Hall–Kier alpha value is -2.79. The summed E-state index contributed by atoms with van der Waals surface area (Å²) in [5.74, 6) is 1.84. The summed E-state index contributed by atoms with van der Waals surface area (Å²) in [5.41, 5.74) is 2.97. The van der Waals surface area contributed by atoms with Gasteiger partial charge >= 0.3 is 0 Å². The highest BCUT2D eigenvalue weighted by atomic mass is 16.5. The zero-order valence-corrected chi connectivity index (χ0v) is 15.9. The number of ether oxygens (including phenoxy) is 1. The SMILES string of the molecule is COc1ccc(N2CCN(Cc3oc4ccccc4c3C)[C@H](C)C2=O)cc1. The van der Waals surface area contributed by atoms with Gasteiger partial charge in [-0.25, -0.2) is 0 Å². The van der Waals surface area contributed by atoms with Gasteiger partial charge in [-0.1, -0.05) is 18.2 Å². The fraction of sp³-hybridized carbons (Fsp3) is 0.318. The summed E-state index contributed by atoms with van der Waals surface area (Å²) in [6.45, 7) is 6.16. The Labute approximate surface area is 159 Å². The third-order valence-corrected chi connectivity index (χ3v) is 5.46. The summed E-state index contributed by atoms with van der Waals surface area (Å²) in [5, 5.41) is 1.14. The van der Waals surface area contributed by atoms with Crippen molar-refractivity contribution >= 4 is 22.6 Å². The number of anilines is 1. The second kappa shape index (κ2) is 7.08. The number of rotatable bonds is 4. The number of hydrogen-bond donors (Lipinski definition) is 0. The molecule has 27 heavy (non-hydrogen) atoms. The number of piperazine rings is 1. The molecule has 5 nitrogen and oxygen atoms in total. The zero-order valence-electron chi connectivity index (χ0n) is 15.9. The van der Waals surface area contributed by atoms with Crippen LogP contribution in [0.25, 0.3) is 11.0 Å². The summed E-state index contributed by atoms with van der Waals surface area (Å²) in [4.78, 5) is 17.0. The van der Waals surface area contributed by atoms with Crippen LogP contribution in [0.5, 0.6) is 5.75 Å². The molecule has 3 aromatic rings. The van der Waals surface area contributed by atoms with Crippen LogP contribution in [0.3, 0.4) is 0 Å². The molecule has 1 fully saturated rings. The number of carbonyl (C=O) groups excluding carboxylic acids is 1. The Balaban J connectivity index is 1.51. The predicted octanol–water partition coefficient (Wildman–Crippen LogP) is 3.99. The Morgan fingerprint density at radius 2 is 1.85 bits per heavy atom. The monoisotopic (exact) mass is 364 g/mol. The van der Waals surface area contributed by atoms with Crippen LogP contribution in [0.2, 0.25) is 0 Å². The minimum atomic E-state index is -0.200. The van der Waals surface area contributed by atoms with Crippen LogP contribution < -0.4 is 9.64 Å². The second-order valence-electron chi connectivity index (χ2n) is 6.98. The normalized spacial score (nSPS) is 18.3. The number of amides is 1. The maximum absolute atomic E-state index is 13.0. The maximum Gasteiger partial charge on any atom is 0.244 e. The molecule has 1 saturated heterocycles. The molecule has 0 bridgehead atoms. The first-order valence-electron chi connectivity index (χ1n) is 9.25. The van der Waals surface area contributed by atoms with Gasteiger partial charge in [-0.3, -0.25) is 9.69 Å². The highest BCUT2D eigenvalue weighted by Gasteiger charge is 2.33. The van der Waals surface area contributed by atoms with E-state index in [4.69, 9.17) is 9.15 Å². The molecular weight excluding hydrogens is 340 g/mol. The van der Waals surface area contributed by atoms with Crippen LogP contribution in [-0.2, 0) is 11.3 Å². The van der Waals surface area contributed by atoms with Crippen molar-refractivity contribution in [3.63, 3.8) is 0 Å². The number of hydrogen-bond acceptors (Lipinski definition) is 4. The number of benzene rings is 2. The van der Waals surface area contributed by atoms with Crippen LogP contribution in [-0.4, -0.2) is 37.0 Å². The Kier molecular flexibility index (Phi) is 4.62. The largest absolute Gasteiger partial charge is 0.497 e. The van der Waals surface area contributed by atoms with Crippen molar-refractivity contribution in [1.82, 2.24) is 4.90 Å². The minimum absolute atomic E-state index is 0.111. The van der Waals surface area contributed by atoms with Gasteiger partial charge in [-0.15, -0.1) is 0 Å². The van der Waals surface area contributed by atoms with Crippen molar-refractivity contribution in [3.05, 3.63) is 59.9 Å². The number of fused-ring (bicyclic) bond motifs is 1. The zero-order chi connectivity index (χ0) is 19.0. The minimum Gasteiger partial charge on any atom is -0.497 e. The van der Waals surface area contributed by atoms with Crippen LogP contribution >= 0.6 is 0 Å². The van der Waals surface area contributed by atoms with Gasteiger partial charge in [0.15, 0.2) is 0 Å². The van der Waals surface area contributed by atoms with E-state index in [1.54, 1.807) is 7.11 Å². The molecule has 2 heterocycles. The summed E-state index contributed by atoms with van der Waals surface area (Å²) < 4.78 is 11.2. The lowest BCUT2D eigenvalue weighted by molar-refractivity contribution is -0.125. The number of aryl methyl sites for hydroxylation is 1. The number of furan rings is 1. The standard InChI is InChI=1S/C22H24N2O3/c1-15-19-6-4-5-7-20(19)27-21(15)14-23-12-13-24(22(25)16(23)2)17-8-10-18(26-3)11-9-17/h4-11,16H,12-14H2,1-3H3/t16-/m1/s1. The lowest BCUT2D eigenvalue weighted by Crippen LogP contribution is -2.55. The van der Waals surface area contributed by atoms with Gasteiger partial charge in [0.1, 0.15) is 17.1 Å². The van der Waals surface area contributed by atoms with Gasteiger partial charge in [0.25, 0.3) is 0 Å². The molecule has 1 amide bonds. The third kappa shape index (κ3) is 3.19. The first-order chi connectivity index (χ1) is 13.1. The quantitative estimate of drug-likeness (QED) is 0.702. The molecule has 0 N–H and O–H groups in total. The molecule has 0 aliphatic carbocycles. The van der Waals surface area contributed by atoms with Crippen LogP contribution in [0, 0.1) is 6.92 Å². The topological polar surface area (TPSA) is 45.9 Å². The number of methoxy groups -OCH3 is 1. The van der Waals surface area contributed by atoms with Gasteiger partial charge in [0, 0.05) is 24.2 Å². The van der Waals surface area contributed by atoms with E-state index in [2.05, 4.69) is 17.9 Å². The number of para-hydroxylation sites is 1. The van der Waals surface area contributed by atoms with Gasteiger partial charge in [0.05, 0.1) is 19.7 Å². The molecular formula is C22H24N2O3. The highest BCUT2D eigenvalue weighted by molar-refractivity contribution is 5.97. The first kappa shape index (κ1) is 17.6. The van der Waals surface area contributed by atoms with Crippen molar-refractivity contribution in [2.75, 3.05) is 25.1 Å². The lowest BCUT2D eigenvalue weighted by Gasteiger charge is -2.38. The molecule has 1 aromatic heterocycles. The fourth-order valence-corrected chi connectivity index (χ4v) is 3.71. The summed E-state index contributed by atoms with van der Waals surface area (Å²) >= 11 is 0. The number of nitrogens with zero attached hydrogens (tertiary/aromatic N) is 2. The van der Waals surface area contributed by atoms with Gasteiger partial charge in [-0.05, 0) is 49.7 Å². The van der Waals surface area contributed by atoms with E-state index >= 15 is 0 Å². The van der Waals surface area contributed by atoms with Crippen molar-refractivity contribution in [2.45, 2.75) is 26.4 Å². The van der Waals surface area contributed by atoms with Crippen LogP contribution in [0.1, 0.15) is 18.2 Å². The highest BCUT2D eigenvalue weighted by Crippen LogP contribution is 2.28. The van der Waals surface area contributed by atoms with Crippen molar-refractivity contribution in [2.24, 2.45) is 0 Å². The Morgan fingerprint density at radius 1 is 1.11 bits per heavy atom. The summed E-state index contributed by atoms with van der Waals surface area (Å²) in [6, 6.07) is 15.5. The molecule has 140 valence electrons. The average molecular weight is 364 g/mol. The van der Waals surface area contributed by atoms with E-state index in [-0.39, 0.29) is 11.9 Å². The van der Waals surface area contributed by atoms with E-state index in [0.29, 0.717) is 13.1 Å². The lowest BCUT2D eigenvalue weighted by atomic mass is 10.1. The second-order valence-corrected chi connectivity index (χ2v) is 6.98. The average Bonchev–Trinajstić information content (AvgIpc) is 3.02. The third-order valence-electron chi connectivity index (χ3n) is 5.46. The smallest absolute Gasteiger partial charge is 0.244 e. The van der Waals surface area contributed by atoms with Crippen molar-refractivity contribution < 1.29 is 13.9 Å². The predicted molar refractivity (Wildman–Crippen MR) is 106 cm³/mol. The molecule has 2 aromatic carbocycles. The van der Waals surface area contributed by atoms with Crippen molar-refractivity contribution in [1.29, 1.82) is 0 Å². The maximum atomic E-state index is 13.0. The van der Waals surface area contributed by atoms with Crippen molar-refractivity contribution in [3.8, 4) is 5.75 Å². The van der Waals surface area contributed by atoms with Gasteiger partial charge < -0.3 is 14.1 Å². The van der Waals surface area contributed by atoms with Crippen LogP contribution in [0.15, 0.2) is 52.9 Å². The summed E-state index contributed by atoms with van der Waals surface area (Å²) in [7, 11) is 1.64. The molecule has 0 radical (unpaired) electrons. The van der Waals surface area contributed by atoms with Crippen LogP contribution in [0.4, 0.5) is 5.69 Å². The fourth-order valence-electron chi connectivity index (χ4n) is 3.71. The van der Waals surface area contributed by atoms with E-state index in [1.165, 1.54) is 0 Å². The molecule has 5 heteroatoms. The van der Waals surface area contributed by atoms with E-state index in [9.17, 15) is 4.79 Å². The van der Waals surface area contributed by atoms with E-state index in [0.717, 1.165) is 40.3 Å². The molecule has 1 aliphatic heterocycles. The molecule has 0 saturated carbocycles. The Bertz CT molecular complexity index is 961.